The van der Waals surface area contributed by atoms with Gasteiger partial charge in [-0.05, 0) is 45.0 Å². The summed E-state index contributed by atoms with van der Waals surface area (Å²) in [7, 11) is -6.07. The lowest BCUT2D eigenvalue weighted by molar-refractivity contribution is 0.342. The van der Waals surface area contributed by atoms with Crippen molar-refractivity contribution in [2.24, 2.45) is 0 Å². The molecule has 1 saturated heterocycles. The second-order valence-electron chi connectivity index (χ2n) is 8.91. The van der Waals surface area contributed by atoms with E-state index < -0.39 is 22.2 Å². The van der Waals surface area contributed by atoms with Gasteiger partial charge >= 0.3 is 0 Å². The van der Waals surface area contributed by atoms with Gasteiger partial charge in [-0.25, -0.2) is 13.4 Å². The molecule has 1 fully saturated rings. The number of ether oxygens (including phenoxy) is 1. The summed E-state index contributed by atoms with van der Waals surface area (Å²) in [5.41, 5.74) is 7.57. The Morgan fingerprint density at radius 2 is 1.86 bits per heavy atom. The first-order chi connectivity index (χ1) is 17.2. The largest absolute Gasteiger partial charge is 0.493 e. The number of para-hydroxylation sites is 1. The summed E-state index contributed by atoms with van der Waals surface area (Å²) in [6, 6.07) is 12.3. The second kappa shape index (κ2) is 10.6. The molecule has 0 amide bonds. The summed E-state index contributed by atoms with van der Waals surface area (Å²) in [6.07, 6.45) is 2.79. The van der Waals surface area contributed by atoms with E-state index in [1.165, 1.54) is 0 Å². The third-order valence-electron chi connectivity index (χ3n) is 6.20. The smallest absolute Gasteiger partial charge is 0.221 e. The molecule has 3 aromatic rings. The van der Waals surface area contributed by atoms with Crippen LogP contribution in [0, 0.1) is 0 Å². The van der Waals surface area contributed by atoms with Crippen LogP contribution in [0.2, 0.25) is 0 Å². The van der Waals surface area contributed by atoms with E-state index in [2.05, 4.69) is 20.6 Å². The first-order valence-corrected chi connectivity index (χ1v) is 15.6. The van der Waals surface area contributed by atoms with Gasteiger partial charge in [0.05, 0.1) is 22.4 Å². The summed E-state index contributed by atoms with van der Waals surface area (Å²) in [4.78, 5) is 8.73. The average Bonchev–Trinajstić information content (AvgIpc) is 2.85. The molecule has 0 saturated carbocycles. The fraction of sp³-hybridized carbons (Fsp3) is 0.360. The minimum Gasteiger partial charge on any atom is -0.493 e. The van der Waals surface area contributed by atoms with E-state index in [1.54, 1.807) is 44.3 Å². The topological polar surface area (TPSA) is 136 Å². The van der Waals surface area contributed by atoms with Gasteiger partial charge in [0.2, 0.25) is 5.95 Å². The maximum absolute atomic E-state index is 13.6. The Hall–Kier alpha value is -2.94. The summed E-state index contributed by atoms with van der Waals surface area (Å²) >= 11 is 0. The molecule has 1 aliphatic heterocycles. The molecule has 0 unspecified atom stereocenters. The van der Waals surface area contributed by atoms with Crippen molar-refractivity contribution < 1.29 is 17.7 Å². The molecule has 0 aliphatic carbocycles. The number of anilines is 3. The van der Waals surface area contributed by atoms with Crippen LogP contribution < -0.4 is 26.4 Å². The molecule has 11 heteroatoms. The maximum Gasteiger partial charge on any atom is 0.221 e. The van der Waals surface area contributed by atoms with Crippen molar-refractivity contribution in [2.75, 3.05) is 43.1 Å². The van der Waals surface area contributed by atoms with Crippen molar-refractivity contribution in [2.45, 2.75) is 30.9 Å². The van der Waals surface area contributed by atoms with Gasteiger partial charge in [-0.1, -0.05) is 18.2 Å². The van der Waals surface area contributed by atoms with Gasteiger partial charge in [0.15, 0.2) is 9.84 Å². The van der Waals surface area contributed by atoms with Crippen molar-refractivity contribution in [1.29, 1.82) is 0 Å². The zero-order valence-corrected chi connectivity index (χ0v) is 22.4. The molecule has 1 aromatic heterocycles. The number of nitrogen functional groups attached to an aromatic ring is 1. The number of rotatable bonds is 8. The van der Waals surface area contributed by atoms with E-state index in [0.29, 0.717) is 47.3 Å². The van der Waals surface area contributed by atoms with Gasteiger partial charge in [0.1, 0.15) is 18.7 Å². The maximum atomic E-state index is 13.6. The van der Waals surface area contributed by atoms with Crippen LogP contribution in [0.1, 0.15) is 20.8 Å². The predicted octanol–water partition coefficient (Wildman–Crippen LogP) is 3.64. The number of benzene rings is 2. The highest BCUT2D eigenvalue weighted by atomic mass is 32.2. The highest BCUT2D eigenvalue weighted by molar-refractivity contribution is 7.92. The number of aromatic nitrogens is 2. The Balaban J connectivity index is 1.81. The third-order valence-corrected chi connectivity index (χ3v) is 11.5. The fourth-order valence-electron chi connectivity index (χ4n) is 4.16. The molecule has 0 bridgehead atoms. The minimum absolute atomic E-state index is 0.0409. The van der Waals surface area contributed by atoms with Gasteiger partial charge in [0, 0.05) is 48.0 Å². The van der Waals surface area contributed by atoms with Crippen molar-refractivity contribution in [3.05, 3.63) is 48.7 Å². The van der Waals surface area contributed by atoms with E-state index in [-0.39, 0.29) is 10.8 Å². The van der Waals surface area contributed by atoms with E-state index in [0.717, 1.165) is 18.4 Å². The first kappa shape index (κ1) is 26.1. The third kappa shape index (κ3) is 5.26. The van der Waals surface area contributed by atoms with Crippen LogP contribution >= 0.6 is 7.14 Å². The Morgan fingerprint density at radius 1 is 1.14 bits per heavy atom. The lowest BCUT2D eigenvalue weighted by Crippen LogP contribution is -2.32. The highest BCUT2D eigenvalue weighted by Gasteiger charge is 2.29. The predicted molar refractivity (Wildman–Crippen MR) is 145 cm³/mol. The van der Waals surface area contributed by atoms with Gasteiger partial charge in [0.25, 0.3) is 0 Å². The van der Waals surface area contributed by atoms with Gasteiger partial charge in [-0.2, -0.15) is 4.98 Å². The Kier molecular flexibility index (Phi) is 7.68. The summed E-state index contributed by atoms with van der Waals surface area (Å²) in [5.74, 6) is 0.943. The summed E-state index contributed by atoms with van der Waals surface area (Å²) in [6.45, 7) is 7.03. The van der Waals surface area contributed by atoms with Crippen LogP contribution in [0.25, 0.3) is 11.1 Å². The SMILES string of the molecule is CCOc1cc(P2(=O)CCNCC2)ccc1-c1cnc(N)nc1Nc1ccccc1S(=O)(=O)C(C)C. The molecule has 2 heterocycles. The molecule has 0 atom stereocenters. The van der Waals surface area contributed by atoms with E-state index in [9.17, 15) is 13.0 Å². The lowest BCUT2D eigenvalue weighted by atomic mass is 10.1. The normalized spacial score (nSPS) is 15.6. The number of hydrogen-bond donors (Lipinski definition) is 3. The summed E-state index contributed by atoms with van der Waals surface area (Å²) < 4.78 is 45.5. The molecule has 0 spiro atoms. The van der Waals surface area contributed by atoms with Gasteiger partial charge in [-0.15, -0.1) is 0 Å². The first-order valence-electron chi connectivity index (χ1n) is 11.9. The molecular weight excluding hydrogens is 497 g/mol. The molecular formula is C25H32N5O4PS. The van der Waals surface area contributed by atoms with Crippen LogP contribution in [-0.4, -0.2) is 55.7 Å². The van der Waals surface area contributed by atoms with Crippen molar-refractivity contribution >= 4 is 39.7 Å². The van der Waals surface area contributed by atoms with Gasteiger partial charge in [-0.3, -0.25) is 0 Å². The Labute approximate surface area is 212 Å². The number of hydrogen-bond acceptors (Lipinski definition) is 9. The number of nitrogens with one attached hydrogen (secondary N) is 2. The highest BCUT2D eigenvalue weighted by Crippen LogP contribution is 2.47. The average molecular weight is 530 g/mol. The Morgan fingerprint density at radius 3 is 2.56 bits per heavy atom. The number of sulfone groups is 1. The molecule has 4 rings (SSSR count). The molecule has 1 aliphatic rings. The molecule has 9 nitrogen and oxygen atoms in total. The summed E-state index contributed by atoms with van der Waals surface area (Å²) in [5, 5.41) is 6.62. The van der Waals surface area contributed by atoms with Crippen LogP contribution in [0.4, 0.5) is 17.5 Å². The van der Waals surface area contributed by atoms with Crippen molar-refractivity contribution in [3.8, 4) is 16.9 Å². The molecule has 2 aromatic carbocycles. The number of nitrogens with zero attached hydrogens (tertiary/aromatic N) is 2. The number of nitrogens with two attached hydrogens (primary N) is 1. The zero-order valence-electron chi connectivity index (χ0n) is 20.7. The zero-order chi connectivity index (χ0) is 25.9. The van der Waals surface area contributed by atoms with Gasteiger partial charge < -0.3 is 25.7 Å². The van der Waals surface area contributed by atoms with Crippen LogP contribution in [0.5, 0.6) is 5.75 Å². The van der Waals surface area contributed by atoms with E-state index in [1.807, 2.05) is 25.1 Å². The van der Waals surface area contributed by atoms with Crippen LogP contribution in [-0.2, 0) is 14.4 Å². The molecule has 0 radical (unpaired) electrons. The quantitative estimate of drug-likeness (QED) is 0.374. The standard InChI is InChI=1S/C25H32N5O4PS/c1-4-34-22-15-18(35(31)13-11-27-12-14-35)9-10-19(22)20-16-28-25(26)30-24(20)29-21-7-5-6-8-23(21)36(32,33)17(2)3/h5-10,15-17,27H,4,11-14H2,1-3H3,(H3,26,28,29,30). The molecule has 4 N–H and O–H groups in total. The monoisotopic (exact) mass is 529 g/mol. The minimum atomic E-state index is -3.55. The Bertz CT molecular complexity index is 1400. The van der Waals surface area contributed by atoms with Crippen LogP contribution in [0.15, 0.2) is 53.6 Å². The lowest BCUT2D eigenvalue weighted by Gasteiger charge is -2.25. The van der Waals surface area contributed by atoms with E-state index >= 15 is 0 Å². The van der Waals surface area contributed by atoms with E-state index in [4.69, 9.17) is 10.5 Å². The fourth-order valence-corrected chi connectivity index (χ4v) is 7.84. The molecule has 192 valence electrons. The van der Waals surface area contributed by atoms with Crippen molar-refractivity contribution in [1.82, 2.24) is 15.3 Å². The van der Waals surface area contributed by atoms with Crippen LogP contribution in [0.3, 0.4) is 0 Å². The second-order valence-corrected chi connectivity index (χ2v) is 14.6. The van der Waals surface area contributed by atoms with Crippen molar-refractivity contribution in [3.63, 3.8) is 0 Å². The molecule has 36 heavy (non-hydrogen) atoms.